The van der Waals surface area contributed by atoms with Gasteiger partial charge in [-0.2, -0.15) is 5.10 Å². The van der Waals surface area contributed by atoms with Crippen molar-refractivity contribution in [3.05, 3.63) is 18.0 Å². The van der Waals surface area contributed by atoms with E-state index in [9.17, 15) is 4.79 Å². The van der Waals surface area contributed by atoms with Crippen molar-refractivity contribution in [2.24, 2.45) is 11.3 Å². The summed E-state index contributed by atoms with van der Waals surface area (Å²) < 4.78 is 0. The molecule has 18 heavy (non-hydrogen) atoms. The van der Waals surface area contributed by atoms with Crippen molar-refractivity contribution < 1.29 is 4.79 Å². The predicted molar refractivity (Wildman–Crippen MR) is 70.8 cm³/mol. The number of carbonyl (C=O) groups excluding carboxylic acids is 1. The van der Waals surface area contributed by atoms with Crippen LogP contribution >= 0.6 is 0 Å². The van der Waals surface area contributed by atoms with Crippen molar-refractivity contribution in [1.29, 1.82) is 0 Å². The van der Waals surface area contributed by atoms with Gasteiger partial charge in [0.1, 0.15) is 0 Å². The average Bonchev–Trinajstić information content (AvgIpc) is 2.96. The molecule has 1 saturated carbocycles. The fraction of sp³-hybridized carbons (Fsp3) is 0.714. The molecule has 0 saturated heterocycles. The van der Waals surface area contributed by atoms with Gasteiger partial charge >= 0.3 is 0 Å². The molecule has 1 heterocycles. The number of rotatable bonds is 5. The topological polar surface area (TPSA) is 57.8 Å². The van der Waals surface area contributed by atoms with Crippen LogP contribution in [0, 0.1) is 11.3 Å². The Hall–Kier alpha value is -1.32. The molecule has 0 atom stereocenters. The minimum absolute atomic E-state index is 0.113. The lowest BCUT2D eigenvalue weighted by molar-refractivity contribution is -0.132. The maximum atomic E-state index is 12.5. The number of hydrogen-bond acceptors (Lipinski definition) is 2. The van der Waals surface area contributed by atoms with Gasteiger partial charge in [-0.25, -0.2) is 0 Å². The molecule has 0 bridgehead atoms. The van der Waals surface area contributed by atoms with E-state index in [4.69, 9.17) is 0 Å². The molecule has 0 aromatic carbocycles. The van der Waals surface area contributed by atoms with E-state index in [1.165, 1.54) is 12.8 Å². The van der Waals surface area contributed by atoms with Crippen molar-refractivity contribution in [1.82, 2.24) is 15.5 Å². The molecule has 1 aromatic heterocycles. The van der Waals surface area contributed by atoms with Crippen molar-refractivity contribution in [3.63, 3.8) is 0 Å². The van der Waals surface area contributed by atoms with E-state index in [1.807, 2.05) is 6.20 Å². The second kappa shape index (κ2) is 5.55. The molecule has 0 unspecified atom stereocenters. The molecule has 1 aliphatic rings. The van der Waals surface area contributed by atoms with Crippen LogP contribution in [0.3, 0.4) is 0 Å². The predicted octanol–water partition coefficient (Wildman–Crippen LogP) is 2.63. The van der Waals surface area contributed by atoms with E-state index in [2.05, 4.69) is 29.4 Å². The highest BCUT2D eigenvalue weighted by Crippen LogP contribution is 2.43. The van der Waals surface area contributed by atoms with Crippen LogP contribution < -0.4 is 5.32 Å². The lowest BCUT2D eigenvalue weighted by atomic mass is 9.77. The Morgan fingerprint density at radius 3 is 2.78 bits per heavy atom. The largest absolute Gasteiger partial charge is 0.351 e. The molecule has 1 fully saturated rings. The molecule has 1 amide bonds. The van der Waals surface area contributed by atoms with Crippen LogP contribution in [0.4, 0.5) is 0 Å². The van der Waals surface area contributed by atoms with Crippen LogP contribution in [-0.2, 0) is 11.3 Å². The van der Waals surface area contributed by atoms with Gasteiger partial charge in [-0.3, -0.25) is 9.89 Å². The van der Waals surface area contributed by atoms with Crippen LogP contribution in [0.5, 0.6) is 0 Å². The second-order valence-electron chi connectivity index (χ2n) is 5.87. The summed E-state index contributed by atoms with van der Waals surface area (Å²) in [6, 6.07) is 0. The van der Waals surface area contributed by atoms with Gasteiger partial charge in [0.05, 0.1) is 6.20 Å². The number of aromatic amines is 1. The average molecular weight is 249 g/mol. The molecule has 2 N–H and O–H groups in total. The Balaban J connectivity index is 1.95. The minimum atomic E-state index is -0.113. The van der Waals surface area contributed by atoms with Gasteiger partial charge in [0, 0.05) is 23.7 Å². The molecule has 1 aliphatic carbocycles. The maximum Gasteiger partial charge on any atom is 0.226 e. The van der Waals surface area contributed by atoms with Gasteiger partial charge in [0.25, 0.3) is 0 Å². The molecule has 1 aromatic rings. The summed E-state index contributed by atoms with van der Waals surface area (Å²) in [7, 11) is 0. The van der Waals surface area contributed by atoms with Gasteiger partial charge in [0.2, 0.25) is 5.91 Å². The molecular formula is C14H23N3O. The van der Waals surface area contributed by atoms with Crippen LogP contribution in [0.1, 0.15) is 51.5 Å². The fourth-order valence-corrected chi connectivity index (χ4v) is 3.10. The number of carbonyl (C=O) groups is 1. The van der Waals surface area contributed by atoms with Crippen LogP contribution in [0.2, 0.25) is 0 Å². The third-order valence-electron chi connectivity index (χ3n) is 3.85. The lowest BCUT2D eigenvalue weighted by Crippen LogP contribution is -2.39. The Kier molecular flexibility index (Phi) is 4.04. The zero-order chi connectivity index (χ0) is 13.0. The molecule has 4 heteroatoms. The van der Waals surface area contributed by atoms with Crippen molar-refractivity contribution in [2.45, 2.75) is 52.5 Å². The van der Waals surface area contributed by atoms with Crippen molar-refractivity contribution in [3.8, 4) is 0 Å². The smallest absolute Gasteiger partial charge is 0.226 e. The summed E-state index contributed by atoms with van der Waals surface area (Å²) in [5.41, 5.74) is 0.916. The first-order valence-electron chi connectivity index (χ1n) is 6.88. The first-order valence-corrected chi connectivity index (χ1v) is 6.88. The molecule has 100 valence electrons. The highest BCUT2D eigenvalue weighted by atomic mass is 16.2. The zero-order valence-corrected chi connectivity index (χ0v) is 11.3. The number of nitrogens with zero attached hydrogens (tertiary/aromatic N) is 1. The summed E-state index contributed by atoms with van der Waals surface area (Å²) in [5.74, 6) is 0.803. The Labute approximate surface area is 109 Å². The van der Waals surface area contributed by atoms with Gasteiger partial charge < -0.3 is 5.32 Å². The number of hydrogen-bond donors (Lipinski definition) is 2. The van der Waals surface area contributed by atoms with E-state index in [0.717, 1.165) is 24.8 Å². The minimum Gasteiger partial charge on any atom is -0.351 e. The first kappa shape index (κ1) is 13.1. The maximum absolute atomic E-state index is 12.5. The standard InChI is InChI=1S/C14H23N3O/c1-11(2)7-14(5-3-4-6-14)13(18)15-8-12-9-16-17-10-12/h9-11H,3-8H2,1-2H3,(H,15,18)(H,16,17). The number of amides is 1. The number of nitrogens with one attached hydrogen (secondary N) is 2. The van der Waals surface area contributed by atoms with Crippen LogP contribution in [0.15, 0.2) is 12.4 Å². The molecular weight excluding hydrogens is 226 g/mol. The molecule has 0 aliphatic heterocycles. The zero-order valence-electron chi connectivity index (χ0n) is 11.3. The molecule has 4 nitrogen and oxygen atoms in total. The van der Waals surface area contributed by atoms with Gasteiger partial charge in [-0.1, -0.05) is 26.7 Å². The highest BCUT2D eigenvalue weighted by Gasteiger charge is 2.41. The van der Waals surface area contributed by atoms with E-state index < -0.39 is 0 Å². The Morgan fingerprint density at radius 2 is 2.22 bits per heavy atom. The van der Waals surface area contributed by atoms with Crippen molar-refractivity contribution >= 4 is 5.91 Å². The van der Waals surface area contributed by atoms with Gasteiger partial charge in [-0.05, 0) is 25.2 Å². The third kappa shape index (κ3) is 2.92. The quantitative estimate of drug-likeness (QED) is 0.842. The summed E-state index contributed by atoms with van der Waals surface area (Å²) >= 11 is 0. The van der Waals surface area contributed by atoms with Crippen molar-refractivity contribution in [2.75, 3.05) is 0 Å². The van der Waals surface area contributed by atoms with Gasteiger partial charge in [-0.15, -0.1) is 0 Å². The van der Waals surface area contributed by atoms with Crippen LogP contribution in [0.25, 0.3) is 0 Å². The lowest BCUT2D eigenvalue weighted by Gasteiger charge is -2.29. The van der Waals surface area contributed by atoms with Crippen LogP contribution in [-0.4, -0.2) is 16.1 Å². The Bertz CT molecular complexity index is 378. The Morgan fingerprint density at radius 1 is 1.50 bits per heavy atom. The third-order valence-corrected chi connectivity index (χ3v) is 3.85. The van der Waals surface area contributed by atoms with E-state index >= 15 is 0 Å². The molecule has 0 spiro atoms. The summed E-state index contributed by atoms with van der Waals surface area (Å²) in [6.07, 6.45) is 9.04. The van der Waals surface area contributed by atoms with Gasteiger partial charge in [0.15, 0.2) is 0 Å². The first-order chi connectivity index (χ1) is 8.62. The second-order valence-corrected chi connectivity index (χ2v) is 5.87. The fourth-order valence-electron chi connectivity index (χ4n) is 3.10. The van der Waals surface area contributed by atoms with E-state index in [-0.39, 0.29) is 11.3 Å². The normalized spacial score (nSPS) is 18.2. The summed E-state index contributed by atoms with van der Waals surface area (Å²) in [5, 5.41) is 9.72. The molecule has 0 radical (unpaired) electrons. The number of aromatic nitrogens is 2. The summed E-state index contributed by atoms with van der Waals surface area (Å²) in [4.78, 5) is 12.5. The van der Waals surface area contributed by atoms with E-state index in [1.54, 1.807) is 6.20 Å². The molecule has 2 rings (SSSR count). The monoisotopic (exact) mass is 249 g/mol. The summed E-state index contributed by atoms with van der Waals surface area (Å²) in [6.45, 7) is 4.97. The van der Waals surface area contributed by atoms with E-state index in [0.29, 0.717) is 12.5 Å². The highest BCUT2D eigenvalue weighted by molar-refractivity contribution is 5.82. The SMILES string of the molecule is CC(C)CC1(C(=O)NCc2cn[nH]c2)CCCC1. The number of H-pyrrole nitrogens is 1.